The molecule has 116 valence electrons. The maximum atomic E-state index is 12.6. The lowest BCUT2D eigenvalue weighted by atomic mass is 9.69. The van der Waals surface area contributed by atoms with Crippen LogP contribution in [-0.4, -0.2) is 14.5 Å². The van der Waals surface area contributed by atoms with Crippen molar-refractivity contribution in [3.8, 4) is 0 Å². The van der Waals surface area contributed by atoms with Gasteiger partial charge in [0.2, 0.25) is 10.0 Å². The van der Waals surface area contributed by atoms with E-state index in [9.17, 15) is 8.42 Å². The van der Waals surface area contributed by atoms with Gasteiger partial charge in [-0.3, -0.25) is 0 Å². The predicted molar refractivity (Wildman–Crippen MR) is 84.5 cm³/mol. The Morgan fingerprint density at radius 2 is 1.76 bits per heavy atom. The van der Waals surface area contributed by atoms with Crippen LogP contribution in [0.4, 0.5) is 0 Å². The van der Waals surface area contributed by atoms with Crippen molar-refractivity contribution in [1.29, 1.82) is 0 Å². The van der Waals surface area contributed by atoms with Gasteiger partial charge in [-0.1, -0.05) is 38.5 Å². The summed E-state index contributed by atoms with van der Waals surface area (Å²) < 4.78 is 28.2. The third-order valence-electron chi connectivity index (χ3n) is 6.42. The molecule has 3 nitrogen and oxygen atoms in total. The highest BCUT2D eigenvalue weighted by Gasteiger charge is 2.61. The summed E-state index contributed by atoms with van der Waals surface area (Å²) in [5.41, 5.74) is 1.35. The molecule has 3 atom stereocenters. The second kappa shape index (κ2) is 4.56. The van der Waals surface area contributed by atoms with E-state index in [-0.39, 0.29) is 16.9 Å². The van der Waals surface area contributed by atoms with Crippen LogP contribution in [0.5, 0.6) is 0 Å². The molecule has 3 rings (SSSR count). The molecule has 0 spiro atoms. The molecule has 2 aliphatic carbocycles. The summed E-state index contributed by atoms with van der Waals surface area (Å²) in [5, 5.41) is 0. The smallest absolute Gasteiger partial charge is 0.207 e. The first-order valence-electron chi connectivity index (χ1n) is 7.76. The number of rotatable bonds is 3. The molecule has 21 heavy (non-hydrogen) atoms. The Hall–Kier alpha value is -0.870. The number of fused-ring (bicyclic) bond motifs is 2. The molecule has 3 unspecified atom stereocenters. The number of hydrogen-bond acceptors (Lipinski definition) is 2. The molecule has 1 N–H and O–H groups in total. The first-order valence-corrected chi connectivity index (χ1v) is 9.24. The molecular formula is C17H25NO2S. The quantitative estimate of drug-likeness (QED) is 0.929. The molecule has 2 fully saturated rings. The predicted octanol–water partition coefficient (Wildman–Crippen LogP) is 3.49. The van der Waals surface area contributed by atoms with Gasteiger partial charge < -0.3 is 0 Å². The molecule has 1 aromatic rings. The van der Waals surface area contributed by atoms with Crippen molar-refractivity contribution in [2.75, 3.05) is 0 Å². The molecule has 2 saturated carbocycles. The van der Waals surface area contributed by atoms with E-state index in [1.807, 2.05) is 19.1 Å². The van der Waals surface area contributed by atoms with Gasteiger partial charge in [-0.2, -0.15) is 0 Å². The highest BCUT2D eigenvalue weighted by Crippen LogP contribution is 2.65. The van der Waals surface area contributed by atoms with Crippen LogP contribution in [-0.2, 0) is 10.0 Å². The van der Waals surface area contributed by atoms with Crippen molar-refractivity contribution < 1.29 is 8.42 Å². The SMILES string of the molecule is Cc1ccc(S(=O)(=O)NC2CC3CCC2(C)C3(C)C)cc1. The van der Waals surface area contributed by atoms with Gasteiger partial charge in [0.1, 0.15) is 0 Å². The van der Waals surface area contributed by atoms with Crippen LogP contribution in [0.3, 0.4) is 0 Å². The van der Waals surface area contributed by atoms with E-state index in [0.29, 0.717) is 10.8 Å². The van der Waals surface area contributed by atoms with Gasteiger partial charge in [-0.05, 0) is 55.1 Å². The van der Waals surface area contributed by atoms with E-state index in [1.165, 1.54) is 6.42 Å². The summed E-state index contributed by atoms with van der Waals surface area (Å²) >= 11 is 0. The van der Waals surface area contributed by atoms with Gasteiger partial charge in [-0.15, -0.1) is 0 Å². The monoisotopic (exact) mass is 307 g/mol. The first-order chi connectivity index (χ1) is 9.67. The Morgan fingerprint density at radius 3 is 2.24 bits per heavy atom. The Morgan fingerprint density at radius 1 is 1.14 bits per heavy atom. The number of benzene rings is 1. The fourth-order valence-corrected chi connectivity index (χ4v) is 5.72. The van der Waals surface area contributed by atoms with Crippen LogP contribution < -0.4 is 4.72 Å². The molecule has 1 aromatic carbocycles. The Kier molecular flexibility index (Phi) is 3.27. The Bertz CT molecular complexity index is 648. The van der Waals surface area contributed by atoms with Crippen LogP contribution in [0.1, 0.15) is 45.6 Å². The number of nitrogens with one attached hydrogen (secondary N) is 1. The van der Waals surface area contributed by atoms with E-state index in [0.717, 1.165) is 18.4 Å². The fourth-order valence-electron chi connectivity index (χ4n) is 4.35. The number of hydrogen-bond donors (Lipinski definition) is 1. The largest absolute Gasteiger partial charge is 0.240 e. The Labute approximate surface area is 128 Å². The molecular weight excluding hydrogens is 282 g/mol. The van der Waals surface area contributed by atoms with Crippen molar-refractivity contribution in [1.82, 2.24) is 4.72 Å². The standard InChI is InChI=1S/C17H25NO2S/c1-12-5-7-14(8-6-12)21(19,20)18-15-11-13-9-10-17(15,4)16(13,2)3/h5-8,13,15,18H,9-11H2,1-4H3. The second-order valence-electron chi connectivity index (χ2n) is 7.60. The van der Waals surface area contributed by atoms with Crippen molar-refractivity contribution >= 4 is 10.0 Å². The lowest BCUT2D eigenvalue weighted by molar-refractivity contribution is 0.130. The topological polar surface area (TPSA) is 46.2 Å². The summed E-state index contributed by atoms with van der Waals surface area (Å²) in [6.07, 6.45) is 3.31. The molecule has 2 bridgehead atoms. The molecule has 0 amide bonds. The van der Waals surface area contributed by atoms with Crippen LogP contribution in [0, 0.1) is 23.7 Å². The van der Waals surface area contributed by atoms with E-state index >= 15 is 0 Å². The highest BCUT2D eigenvalue weighted by atomic mass is 32.2. The summed E-state index contributed by atoms with van der Waals surface area (Å²) in [6.45, 7) is 8.81. The van der Waals surface area contributed by atoms with Crippen LogP contribution in [0.15, 0.2) is 29.2 Å². The van der Waals surface area contributed by atoms with Crippen molar-refractivity contribution in [3.63, 3.8) is 0 Å². The first kappa shape index (κ1) is 15.0. The van der Waals surface area contributed by atoms with Crippen molar-refractivity contribution in [2.45, 2.75) is 57.9 Å². The average Bonchev–Trinajstić information content (AvgIpc) is 2.72. The average molecular weight is 307 g/mol. The van der Waals surface area contributed by atoms with Crippen LogP contribution in [0.2, 0.25) is 0 Å². The minimum Gasteiger partial charge on any atom is -0.207 e. The lowest BCUT2D eigenvalue weighted by Gasteiger charge is -2.39. The zero-order chi connectivity index (χ0) is 15.5. The normalized spacial score (nSPS) is 34.3. The van der Waals surface area contributed by atoms with Gasteiger partial charge in [0.25, 0.3) is 0 Å². The van der Waals surface area contributed by atoms with Gasteiger partial charge in [0.05, 0.1) is 4.90 Å². The summed E-state index contributed by atoms with van der Waals surface area (Å²) in [6, 6.07) is 7.14. The summed E-state index contributed by atoms with van der Waals surface area (Å²) in [4.78, 5) is 0.372. The molecule has 0 radical (unpaired) electrons. The summed E-state index contributed by atoms with van der Waals surface area (Å²) in [5.74, 6) is 0.633. The fraction of sp³-hybridized carbons (Fsp3) is 0.647. The van der Waals surface area contributed by atoms with Crippen LogP contribution in [0.25, 0.3) is 0 Å². The Balaban J connectivity index is 1.86. The van der Waals surface area contributed by atoms with Gasteiger partial charge >= 0.3 is 0 Å². The minimum absolute atomic E-state index is 0.0533. The van der Waals surface area contributed by atoms with Gasteiger partial charge in [0, 0.05) is 6.04 Å². The van der Waals surface area contributed by atoms with Crippen molar-refractivity contribution in [2.24, 2.45) is 16.7 Å². The second-order valence-corrected chi connectivity index (χ2v) is 9.31. The number of sulfonamides is 1. The molecule has 4 heteroatoms. The number of aryl methyl sites for hydroxylation is 1. The maximum absolute atomic E-state index is 12.6. The molecule has 0 aromatic heterocycles. The van der Waals surface area contributed by atoms with E-state index in [1.54, 1.807) is 12.1 Å². The molecule has 0 aliphatic heterocycles. The highest BCUT2D eigenvalue weighted by molar-refractivity contribution is 7.89. The molecule has 2 aliphatic rings. The molecule has 0 heterocycles. The minimum atomic E-state index is -3.42. The third-order valence-corrected chi connectivity index (χ3v) is 7.91. The van der Waals surface area contributed by atoms with E-state index in [2.05, 4.69) is 25.5 Å². The summed E-state index contributed by atoms with van der Waals surface area (Å²) in [7, 11) is -3.42. The zero-order valence-electron chi connectivity index (χ0n) is 13.3. The maximum Gasteiger partial charge on any atom is 0.240 e. The zero-order valence-corrected chi connectivity index (χ0v) is 14.1. The van der Waals surface area contributed by atoms with E-state index in [4.69, 9.17) is 0 Å². The third kappa shape index (κ3) is 2.15. The van der Waals surface area contributed by atoms with Crippen molar-refractivity contribution in [3.05, 3.63) is 29.8 Å². The van der Waals surface area contributed by atoms with Gasteiger partial charge in [0.15, 0.2) is 0 Å². The van der Waals surface area contributed by atoms with E-state index < -0.39 is 10.0 Å². The molecule has 0 saturated heterocycles. The lowest BCUT2D eigenvalue weighted by Crippen LogP contribution is -2.46. The van der Waals surface area contributed by atoms with Crippen LogP contribution >= 0.6 is 0 Å². The van der Waals surface area contributed by atoms with Gasteiger partial charge in [-0.25, -0.2) is 13.1 Å².